The molecule has 25 heavy (non-hydrogen) atoms. The van der Waals surface area contributed by atoms with E-state index in [0.29, 0.717) is 18.1 Å². The predicted octanol–water partition coefficient (Wildman–Crippen LogP) is 3.37. The Morgan fingerprint density at radius 3 is 2.32 bits per heavy atom. The first-order chi connectivity index (χ1) is 12.0. The molecule has 0 bridgehead atoms. The number of rotatable bonds is 7. The monoisotopic (exact) mass is 423 g/mol. The van der Waals surface area contributed by atoms with Gasteiger partial charge in [0.1, 0.15) is 0 Å². The first kappa shape index (κ1) is 18.6. The maximum absolute atomic E-state index is 13.3. The van der Waals surface area contributed by atoms with E-state index in [1.807, 2.05) is 37.3 Å². The largest absolute Gasteiger partial charge is 0.381 e. The van der Waals surface area contributed by atoms with Crippen LogP contribution in [-0.2, 0) is 14.6 Å². The van der Waals surface area contributed by atoms with E-state index in [-0.39, 0.29) is 12.5 Å². The molecule has 2 aromatic carbocycles. The second-order valence-corrected chi connectivity index (χ2v) is 9.37. The van der Waals surface area contributed by atoms with E-state index in [1.165, 1.54) is 0 Å². The standard InChI is InChI=1S/C19H22BrNO3S/c1-2-24-13-19(12-21)17(14-8-10-15(20)11-9-14)18(19)25(22,23)16-6-4-3-5-7-16/h3-11,17-18H,2,12-13,21H2,1H3/t17-,18-,19+/m0/s1. The number of nitrogens with two attached hydrogens (primary N) is 1. The summed E-state index contributed by atoms with van der Waals surface area (Å²) in [6, 6.07) is 16.4. The van der Waals surface area contributed by atoms with Crippen molar-refractivity contribution in [3.63, 3.8) is 0 Å². The molecule has 0 aromatic heterocycles. The van der Waals surface area contributed by atoms with Gasteiger partial charge in [0.15, 0.2) is 9.84 Å². The maximum Gasteiger partial charge on any atom is 0.182 e. The lowest BCUT2D eigenvalue weighted by molar-refractivity contribution is 0.101. The summed E-state index contributed by atoms with van der Waals surface area (Å²) in [4.78, 5) is 0.342. The van der Waals surface area contributed by atoms with Gasteiger partial charge in [-0.15, -0.1) is 0 Å². The van der Waals surface area contributed by atoms with Crippen molar-refractivity contribution >= 4 is 25.8 Å². The van der Waals surface area contributed by atoms with Crippen LogP contribution < -0.4 is 5.73 Å². The van der Waals surface area contributed by atoms with Gasteiger partial charge in [0.05, 0.1) is 16.8 Å². The van der Waals surface area contributed by atoms with Crippen LogP contribution >= 0.6 is 15.9 Å². The average molecular weight is 424 g/mol. The Labute approximate surface area is 157 Å². The van der Waals surface area contributed by atoms with Crippen LogP contribution in [0.3, 0.4) is 0 Å². The van der Waals surface area contributed by atoms with E-state index in [2.05, 4.69) is 15.9 Å². The number of benzene rings is 2. The Hall–Kier alpha value is -1.21. The molecular weight excluding hydrogens is 402 g/mol. The van der Waals surface area contributed by atoms with Crippen LogP contribution in [0.5, 0.6) is 0 Å². The molecule has 0 aliphatic heterocycles. The first-order valence-corrected chi connectivity index (χ1v) is 10.6. The van der Waals surface area contributed by atoms with Gasteiger partial charge in [-0.05, 0) is 36.8 Å². The molecule has 0 unspecified atom stereocenters. The minimum absolute atomic E-state index is 0.164. The lowest BCUT2D eigenvalue weighted by atomic mass is 10.00. The summed E-state index contributed by atoms with van der Waals surface area (Å²) in [6.07, 6.45) is 0. The molecule has 3 rings (SSSR count). The van der Waals surface area contributed by atoms with E-state index in [9.17, 15) is 8.42 Å². The van der Waals surface area contributed by atoms with Gasteiger partial charge in [-0.2, -0.15) is 0 Å². The zero-order chi connectivity index (χ0) is 18.1. The Balaban J connectivity index is 2.04. The van der Waals surface area contributed by atoms with Gasteiger partial charge >= 0.3 is 0 Å². The summed E-state index contributed by atoms with van der Waals surface area (Å²) in [5.41, 5.74) is 6.48. The second-order valence-electron chi connectivity index (χ2n) is 6.38. The zero-order valence-electron chi connectivity index (χ0n) is 14.1. The van der Waals surface area contributed by atoms with Gasteiger partial charge in [-0.1, -0.05) is 46.3 Å². The molecule has 1 aliphatic rings. The van der Waals surface area contributed by atoms with Gasteiger partial charge in [-0.25, -0.2) is 8.42 Å². The van der Waals surface area contributed by atoms with E-state index in [1.54, 1.807) is 24.3 Å². The molecule has 6 heteroatoms. The van der Waals surface area contributed by atoms with Crippen molar-refractivity contribution < 1.29 is 13.2 Å². The van der Waals surface area contributed by atoms with Gasteiger partial charge in [0.25, 0.3) is 0 Å². The number of sulfone groups is 1. The molecule has 1 saturated carbocycles. The smallest absolute Gasteiger partial charge is 0.182 e. The van der Waals surface area contributed by atoms with Gasteiger partial charge in [-0.3, -0.25) is 0 Å². The Kier molecular flexibility index (Phi) is 5.34. The molecule has 3 atom stereocenters. The molecule has 0 amide bonds. The van der Waals surface area contributed by atoms with Crippen molar-refractivity contribution in [1.82, 2.24) is 0 Å². The lowest BCUT2D eigenvalue weighted by Gasteiger charge is -2.16. The van der Waals surface area contributed by atoms with Crippen LogP contribution in [0.4, 0.5) is 0 Å². The quantitative estimate of drug-likeness (QED) is 0.740. The van der Waals surface area contributed by atoms with Crippen LogP contribution in [0, 0.1) is 5.41 Å². The highest BCUT2D eigenvalue weighted by Gasteiger charge is 2.70. The van der Waals surface area contributed by atoms with Crippen molar-refractivity contribution in [3.8, 4) is 0 Å². The SMILES string of the molecule is CCOC[C@]1(CN)[C@@H](c2ccc(Br)cc2)[C@@H]1S(=O)(=O)c1ccccc1. The van der Waals surface area contributed by atoms with Crippen LogP contribution in [0.2, 0.25) is 0 Å². The van der Waals surface area contributed by atoms with Crippen LogP contribution in [-0.4, -0.2) is 33.4 Å². The van der Waals surface area contributed by atoms with Gasteiger partial charge < -0.3 is 10.5 Å². The summed E-state index contributed by atoms with van der Waals surface area (Å²) in [5.74, 6) is -0.164. The van der Waals surface area contributed by atoms with Crippen molar-refractivity contribution in [2.75, 3.05) is 19.8 Å². The zero-order valence-corrected chi connectivity index (χ0v) is 16.5. The number of hydrogen-bond donors (Lipinski definition) is 1. The molecule has 2 N–H and O–H groups in total. The minimum atomic E-state index is -3.50. The molecule has 0 heterocycles. The topological polar surface area (TPSA) is 69.4 Å². The fourth-order valence-electron chi connectivity index (χ4n) is 3.64. The summed E-state index contributed by atoms with van der Waals surface area (Å²) < 4.78 is 33.1. The third-order valence-corrected chi connectivity index (χ3v) is 7.84. The van der Waals surface area contributed by atoms with Crippen molar-refractivity contribution in [3.05, 3.63) is 64.6 Å². The molecule has 1 fully saturated rings. The van der Waals surface area contributed by atoms with E-state index in [0.717, 1.165) is 10.0 Å². The summed E-state index contributed by atoms with van der Waals surface area (Å²) in [6.45, 7) is 3.05. The van der Waals surface area contributed by atoms with Crippen molar-refractivity contribution in [2.24, 2.45) is 11.1 Å². The minimum Gasteiger partial charge on any atom is -0.381 e. The molecule has 4 nitrogen and oxygen atoms in total. The second kappa shape index (κ2) is 7.19. The van der Waals surface area contributed by atoms with Crippen molar-refractivity contribution in [2.45, 2.75) is 23.0 Å². The van der Waals surface area contributed by atoms with Crippen LogP contribution in [0.25, 0.3) is 0 Å². The Bertz CT molecular complexity index is 824. The molecule has 0 saturated heterocycles. The Morgan fingerprint density at radius 1 is 1.12 bits per heavy atom. The molecule has 0 spiro atoms. The van der Waals surface area contributed by atoms with Crippen LogP contribution in [0.15, 0.2) is 64.0 Å². The summed E-state index contributed by atoms with van der Waals surface area (Å²) in [5, 5.41) is -0.569. The molecular formula is C19H22BrNO3S. The third kappa shape index (κ3) is 3.28. The van der Waals surface area contributed by atoms with E-state index in [4.69, 9.17) is 10.5 Å². The molecule has 1 aliphatic carbocycles. The maximum atomic E-state index is 13.3. The van der Waals surface area contributed by atoms with E-state index < -0.39 is 20.5 Å². The van der Waals surface area contributed by atoms with Crippen LogP contribution in [0.1, 0.15) is 18.4 Å². The molecule has 2 aromatic rings. The van der Waals surface area contributed by atoms with Crippen molar-refractivity contribution in [1.29, 1.82) is 0 Å². The highest BCUT2D eigenvalue weighted by molar-refractivity contribution is 9.10. The fraction of sp³-hybridized carbons (Fsp3) is 0.368. The normalized spacial score (nSPS) is 25.7. The predicted molar refractivity (Wildman–Crippen MR) is 102 cm³/mol. The fourth-order valence-corrected chi connectivity index (χ4v) is 6.37. The highest BCUT2D eigenvalue weighted by atomic mass is 79.9. The Morgan fingerprint density at radius 2 is 1.76 bits per heavy atom. The molecule has 134 valence electrons. The first-order valence-electron chi connectivity index (χ1n) is 8.29. The highest BCUT2D eigenvalue weighted by Crippen LogP contribution is 2.63. The number of ether oxygens (including phenoxy) is 1. The third-order valence-electron chi connectivity index (χ3n) is 4.97. The van der Waals surface area contributed by atoms with Gasteiger partial charge in [0.2, 0.25) is 0 Å². The molecule has 0 radical (unpaired) electrons. The average Bonchev–Trinajstić information content (AvgIpc) is 3.31. The summed E-state index contributed by atoms with van der Waals surface area (Å²) >= 11 is 3.43. The van der Waals surface area contributed by atoms with Gasteiger partial charge in [0, 0.05) is 29.0 Å². The lowest BCUT2D eigenvalue weighted by Crippen LogP contribution is -2.29. The van der Waals surface area contributed by atoms with E-state index >= 15 is 0 Å². The number of hydrogen-bond acceptors (Lipinski definition) is 4. The summed E-state index contributed by atoms with van der Waals surface area (Å²) in [7, 11) is -3.50. The number of halogens is 1.